The fraction of sp³-hybridized carbons (Fsp3) is 0.250. The van der Waals surface area contributed by atoms with Gasteiger partial charge in [-0.25, -0.2) is 0 Å². The highest BCUT2D eigenvalue weighted by Crippen LogP contribution is 2.28. The van der Waals surface area contributed by atoms with E-state index in [0.717, 1.165) is 11.3 Å². The van der Waals surface area contributed by atoms with Gasteiger partial charge in [0, 0.05) is 12.2 Å². The normalized spacial score (nSPS) is 12.0. The first-order chi connectivity index (χ1) is 9.63. The molecule has 0 aromatic heterocycles. The first-order valence-corrected chi connectivity index (χ1v) is 6.88. The fourth-order valence-corrected chi connectivity index (χ4v) is 2.38. The number of halogens is 1. The van der Waals surface area contributed by atoms with Crippen molar-refractivity contribution in [1.82, 2.24) is 0 Å². The first-order valence-electron chi connectivity index (χ1n) is 6.50. The van der Waals surface area contributed by atoms with Gasteiger partial charge in [-0.3, -0.25) is 0 Å². The molecule has 0 bridgehead atoms. The molecule has 2 aromatic rings. The predicted octanol–water partition coefficient (Wildman–Crippen LogP) is 3.77. The molecule has 0 spiro atoms. The highest BCUT2D eigenvalue weighted by atomic mass is 35.5. The van der Waals surface area contributed by atoms with Crippen LogP contribution in [0.3, 0.4) is 0 Å². The molecule has 3 nitrogen and oxygen atoms in total. The molecule has 0 fully saturated rings. The summed E-state index contributed by atoms with van der Waals surface area (Å²) in [6, 6.07) is 13.9. The summed E-state index contributed by atoms with van der Waals surface area (Å²) in [5.41, 5.74) is 9.17. The van der Waals surface area contributed by atoms with Crippen LogP contribution in [-0.4, -0.2) is 13.7 Å². The summed E-state index contributed by atoms with van der Waals surface area (Å²) in [5.74, 6) is 0.668. The Bertz CT molecular complexity index is 586. The summed E-state index contributed by atoms with van der Waals surface area (Å²) in [6.45, 7) is 2.55. The topological polar surface area (TPSA) is 47.3 Å². The molecule has 0 aliphatic carbocycles. The van der Waals surface area contributed by atoms with Crippen molar-refractivity contribution in [1.29, 1.82) is 0 Å². The molecule has 1 unspecified atom stereocenters. The van der Waals surface area contributed by atoms with Crippen molar-refractivity contribution < 1.29 is 4.74 Å². The number of nitrogens with two attached hydrogens (primary N) is 1. The SMILES string of the molecule is COc1ccc(C(CN)Nc2cccc(C)c2)cc1Cl. The van der Waals surface area contributed by atoms with E-state index < -0.39 is 0 Å². The van der Waals surface area contributed by atoms with E-state index in [2.05, 4.69) is 24.4 Å². The Morgan fingerprint density at radius 3 is 2.65 bits per heavy atom. The van der Waals surface area contributed by atoms with Crippen LogP contribution in [0.15, 0.2) is 42.5 Å². The largest absolute Gasteiger partial charge is 0.495 e. The van der Waals surface area contributed by atoms with Crippen molar-refractivity contribution in [3.63, 3.8) is 0 Å². The third-order valence-electron chi connectivity index (χ3n) is 3.17. The summed E-state index contributed by atoms with van der Waals surface area (Å²) in [4.78, 5) is 0. The van der Waals surface area contributed by atoms with E-state index >= 15 is 0 Å². The van der Waals surface area contributed by atoms with Gasteiger partial charge in [-0.05, 0) is 42.3 Å². The maximum atomic E-state index is 6.17. The zero-order valence-corrected chi connectivity index (χ0v) is 12.4. The average Bonchev–Trinajstić information content (AvgIpc) is 2.44. The Labute approximate surface area is 124 Å². The second-order valence-corrected chi connectivity index (χ2v) is 5.10. The zero-order chi connectivity index (χ0) is 14.5. The molecular formula is C16H19ClN2O. The van der Waals surface area contributed by atoms with Crippen LogP contribution >= 0.6 is 11.6 Å². The first kappa shape index (κ1) is 14.7. The number of aryl methyl sites for hydroxylation is 1. The van der Waals surface area contributed by atoms with Gasteiger partial charge in [0.05, 0.1) is 18.2 Å². The maximum absolute atomic E-state index is 6.17. The quantitative estimate of drug-likeness (QED) is 0.881. The van der Waals surface area contributed by atoms with Crippen LogP contribution in [0, 0.1) is 6.92 Å². The summed E-state index contributed by atoms with van der Waals surface area (Å²) in [5, 5.41) is 4.02. The van der Waals surface area contributed by atoms with E-state index in [9.17, 15) is 0 Å². The highest BCUT2D eigenvalue weighted by Gasteiger charge is 2.12. The van der Waals surface area contributed by atoms with Crippen LogP contribution in [0.25, 0.3) is 0 Å². The Hall–Kier alpha value is -1.71. The van der Waals surface area contributed by atoms with Crippen molar-refractivity contribution in [2.24, 2.45) is 5.73 Å². The molecule has 20 heavy (non-hydrogen) atoms. The molecule has 2 rings (SSSR count). The van der Waals surface area contributed by atoms with Crippen LogP contribution < -0.4 is 15.8 Å². The van der Waals surface area contributed by atoms with Crippen LogP contribution in [0.1, 0.15) is 17.2 Å². The third kappa shape index (κ3) is 3.44. The van der Waals surface area contributed by atoms with E-state index in [1.165, 1.54) is 5.56 Å². The van der Waals surface area contributed by atoms with E-state index in [1.54, 1.807) is 7.11 Å². The number of hydrogen-bond acceptors (Lipinski definition) is 3. The standard InChI is InChI=1S/C16H19ClN2O/c1-11-4-3-5-13(8-11)19-15(10-18)12-6-7-16(20-2)14(17)9-12/h3-9,15,19H,10,18H2,1-2H3. The van der Waals surface area contributed by atoms with Gasteiger partial charge in [-0.1, -0.05) is 29.8 Å². The van der Waals surface area contributed by atoms with Crippen LogP contribution in [-0.2, 0) is 0 Å². The van der Waals surface area contributed by atoms with Gasteiger partial charge < -0.3 is 15.8 Å². The Kier molecular flexibility index (Phi) is 4.88. The minimum absolute atomic E-state index is 0.0141. The lowest BCUT2D eigenvalue weighted by atomic mass is 10.1. The monoisotopic (exact) mass is 290 g/mol. The summed E-state index contributed by atoms with van der Waals surface area (Å²) < 4.78 is 5.16. The molecule has 0 heterocycles. The lowest BCUT2D eigenvalue weighted by Crippen LogP contribution is -2.20. The smallest absolute Gasteiger partial charge is 0.137 e. The number of anilines is 1. The Balaban J connectivity index is 2.22. The van der Waals surface area contributed by atoms with E-state index in [4.69, 9.17) is 22.1 Å². The number of ether oxygens (including phenoxy) is 1. The van der Waals surface area contributed by atoms with Crippen molar-refractivity contribution in [2.45, 2.75) is 13.0 Å². The Morgan fingerprint density at radius 1 is 1.25 bits per heavy atom. The van der Waals surface area contributed by atoms with Crippen LogP contribution in [0.5, 0.6) is 5.75 Å². The van der Waals surface area contributed by atoms with E-state index in [0.29, 0.717) is 17.3 Å². The number of nitrogens with one attached hydrogen (secondary N) is 1. The minimum Gasteiger partial charge on any atom is -0.495 e. The van der Waals surface area contributed by atoms with Crippen LogP contribution in [0.2, 0.25) is 5.02 Å². The molecule has 4 heteroatoms. The molecular weight excluding hydrogens is 272 g/mol. The number of benzene rings is 2. The number of hydrogen-bond donors (Lipinski definition) is 2. The molecule has 0 aliphatic rings. The lowest BCUT2D eigenvalue weighted by Gasteiger charge is -2.19. The minimum atomic E-state index is 0.0141. The van der Waals surface area contributed by atoms with Gasteiger partial charge in [-0.15, -0.1) is 0 Å². The lowest BCUT2D eigenvalue weighted by molar-refractivity contribution is 0.415. The molecule has 0 saturated carbocycles. The van der Waals surface area contributed by atoms with Crippen molar-refractivity contribution >= 4 is 17.3 Å². The van der Waals surface area contributed by atoms with Gasteiger partial charge in [-0.2, -0.15) is 0 Å². The average molecular weight is 291 g/mol. The van der Waals surface area contributed by atoms with Crippen molar-refractivity contribution in [3.05, 3.63) is 58.6 Å². The molecule has 1 atom stereocenters. The highest BCUT2D eigenvalue weighted by molar-refractivity contribution is 6.32. The molecule has 106 valence electrons. The molecule has 0 saturated heterocycles. The number of methoxy groups -OCH3 is 1. The predicted molar refractivity (Wildman–Crippen MR) is 84.6 cm³/mol. The maximum Gasteiger partial charge on any atom is 0.137 e. The summed E-state index contributed by atoms with van der Waals surface area (Å²) in [6.07, 6.45) is 0. The number of rotatable bonds is 5. The second-order valence-electron chi connectivity index (χ2n) is 4.70. The van der Waals surface area contributed by atoms with Crippen molar-refractivity contribution in [3.8, 4) is 5.75 Å². The molecule has 2 aromatic carbocycles. The van der Waals surface area contributed by atoms with Gasteiger partial charge in [0.15, 0.2) is 0 Å². The molecule has 0 radical (unpaired) electrons. The molecule has 3 N–H and O–H groups in total. The molecule has 0 amide bonds. The van der Waals surface area contributed by atoms with Gasteiger partial charge in [0.2, 0.25) is 0 Å². The summed E-state index contributed by atoms with van der Waals surface area (Å²) >= 11 is 6.17. The third-order valence-corrected chi connectivity index (χ3v) is 3.47. The van der Waals surface area contributed by atoms with Crippen molar-refractivity contribution in [2.75, 3.05) is 19.0 Å². The van der Waals surface area contributed by atoms with Crippen LogP contribution in [0.4, 0.5) is 5.69 Å². The van der Waals surface area contributed by atoms with Gasteiger partial charge in [0.25, 0.3) is 0 Å². The van der Waals surface area contributed by atoms with E-state index in [1.807, 2.05) is 30.3 Å². The summed E-state index contributed by atoms with van der Waals surface area (Å²) in [7, 11) is 1.60. The van der Waals surface area contributed by atoms with E-state index in [-0.39, 0.29) is 6.04 Å². The van der Waals surface area contributed by atoms with Gasteiger partial charge >= 0.3 is 0 Å². The molecule has 0 aliphatic heterocycles. The Morgan fingerprint density at radius 2 is 2.05 bits per heavy atom. The fourth-order valence-electron chi connectivity index (χ4n) is 2.11. The zero-order valence-electron chi connectivity index (χ0n) is 11.7. The second kappa shape index (κ2) is 6.64. The van der Waals surface area contributed by atoms with Gasteiger partial charge in [0.1, 0.15) is 5.75 Å².